The van der Waals surface area contributed by atoms with Gasteiger partial charge < -0.3 is 5.32 Å². The van der Waals surface area contributed by atoms with Crippen molar-refractivity contribution in [2.24, 2.45) is 5.92 Å². The Labute approximate surface area is 115 Å². The fraction of sp³-hybridized carbons (Fsp3) is 1.00. The highest BCUT2D eigenvalue weighted by Crippen LogP contribution is 2.29. The largest absolute Gasteiger partial charge is 0.311 e. The van der Waals surface area contributed by atoms with Crippen LogP contribution in [0.2, 0.25) is 0 Å². The van der Waals surface area contributed by atoms with Crippen molar-refractivity contribution in [1.29, 1.82) is 0 Å². The lowest BCUT2D eigenvalue weighted by Crippen LogP contribution is -2.65. The topological polar surface area (TPSA) is 15.3 Å². The van der Waals surface area contributed by atoms with Crippen LogP contribution >= 0.6 is 0 Å². The monoisotopic (exact) mass is 254 g/mol. The molecule has 1 aliphatic rings. The Balaban J connectivity index is 2.71. The fourth-order valence-electron chi connectivity index (χ4n) is 3.22. The fourth-order valence-corrected chi connectivity index (χ4v) is 3.22. The third kappa shape index (κ3) is 3.48. The Hall–Kier alpha value is -0.0800. The lowest BCUT2D eigenvalue weighted by Gasteiger charge is -2.51. The van der Waals surface area contributed by atoms with Crippen molar-refractivity contribution in [3.8, 4) is 0 Å². The molecule has 1 aliphatic heterocycles. The normalized spacial score (nSPS) is 26.2. The van der Waals surface area contributed by atoms with Gasteiger partial charge in [0.2, 0.25) is 0 Å². The van der Waals surface area contributed by atoms with Crippen LogP contribution in [0.4, 0.5) is 0 Å². The molecule has 108 valence electrons. The highest BCUT2D eigenvalue weighted by atomic mass is 15.3. The standard InChI is InChI=1S/C16H34N2/c1-6-10-11-18-12-15(14(5)7-2)17-13-16(18,8-3)9-4/h14-15,17H,6-13H2,1-5H3. The van der Waals surface area contributed by atoms with Crippen molar-refractivity contribution < 1.29 is 0 Å². The number of rotatable bonds is 7. The molecule has 2 atom stereocenters. The molecule has 2 unspecified atom stereocenters. The third-order valence-corrected chi connectivity index (χ3v) is 5.21. The maximum atomic E-state index is 3.83. The van der Waals surface area contributed by atoms with E-state index in [2.05, 4.69) is 44.8 Å². The molecule has 1 saturated heterocycles. The molecule has 2 heteroatoms. The zero-order valence-electron chi connectivity index (χ0n) is 13.3. The molecule has 2 nitrogen and oxygen atoms in total. The summed E-state index contributed by atoms with van der Waals surface area (Å²) < 4.78 is 0. The SMILES string of the molecule is CCCCN1CC(C(C)CC)NCC1(CC)CC. The summed E-state index contributed by atoms with van der Waals surface area (Å²) in [5.74, 6) is 0.792. The highest BCUT2D eigenvalue weighted by Gasteiger charge is 2.39. The molecule has 0 spiro atoms. The van der Waals surface area contributed by atoms with Crippen molar-refractivity contribution in [1.82, 2.24) is 10.2 Å². The van der Waals surface area contributed by atoms with Gasteiger partial charge in [0.1, 0.15) is 0 Å². The summed E-state index contributed by atoms with van der Waals surface area (Å²) in [6, 6.07) is 0.693. The first-order valence-electron chi connectivity index (χ1n) is 8.11. The van der Waals surface area contributed by atoms with E-state index in [0.29, 0.717) is 11.6 Å². The van der Waals surface area contributed by atoms with E-state index in [-0.39, 0.29) is 0 Å². The third-order valence-electron chi connectivity index (χ3n) is 5.21. The van der Waals surface area contributed by atoms with Crippen LogP contribution in [0.5, 0.6) is 0 Å². The average molecular weight is 254 g/mol. The molecule has 0 aromatic heterocycles. The van der Waals surface area contributed by atoms with E-state index in [1.54, 1.807) is 0 Å². The van der Waals surface area contributed by atoms with E-state index in [4.69, 9.17) is 0 Å². The molecule has 0 aromatic rings. The zero-order chi connectivity index (χ0) is 13.6. The second kappa shape index (κ2) is 7.49. The summed E-state index contributed by atoms with van der Waals surface area (Å²) in [6.07, 6.45) is 6.47. The van der Waals surface area contributed by atoms with E-state index < -0.39 is 0 Å². The van der Waals surface area contributed by atoms with Gasteiger partial charge in [0.15, 0.2) is 0 Å². The minimum absolute atomic E-state index is 0.416. The second-order valence-corrected chi connectivity index (χ2v) is 6.10. The summed E-state index contributed by atoms with van der Waals surface area (Å²) in [5.41, 5.74) is 0.416. The molecule has 1 N–H and O–H groups in total. The van der Waals surface area contributed by atoms with Crippen LogP contribution in [0.15, 0.2) is 0 Å². The van der Waals surface area contributed by atoms with Gasteiger partial charge in [-0.05, 0) is 31.7 Å². The summed E-state index contributed by atoms with van der Waals surface area (Å²) in [6.45, 7) is 15.4. The van der Waals surface area contributed by atoms with Crippen LogP contribution in [0.25, 0.3) is 0 Å². The van der Waals surface area contributed by atoms with Gasteiger partial charge in [-0.15, -0.1) is 0 Å². The van der Waals surface area contributed by atoms with Crippen LogP contribution < -0.4 is 5.32 Å². The van der Waals surface area contributed by atoms with Gasteiger partial charge in [-0.1, -0.05) is 47.5 Å². The Morgan fingerprint density at radius 3 is 2.39 bits per heavy atom. The number of hydrogen-bond acceptors (Lipinski definition) is 2. The highest BCUT2D eigenvalue weighted by molar-refractivity contribution is 4.98. The summed E-state index contributed by atoms with van der Waals surface area (Å²) in [7, 11) is 0. The van der Waals surface area contributed by atoms with E-state index in [9.17, 15) is 0 Å². The first-order chi connectivity index (χ1) is 8.63. The van der Waals surface area contributed by atoms with Gasteiger partial charge >= 0.3 is 0 Å². The second-order valence-electron chi connectivity index (χ2n) is 6.10. The number of hydrogen-bond donors (Lipinski definition) is 1. The predicted octanol–water partition coefficient (Wildman–Crippen LogP) is 3.67. The molecule has 0 aromatic carbocycles. The van der Waals surface area contributed by atoms with Crippen LogP contribution in [0, 0.1) is 5.92 Å². The van der Waals surface area contributed by atoms with Gasteiger partial charge in [-0.3, -0.25) is 4.90 Å². The first-order valence-corrected chi connectivity index (χ1v) is 8.11. The zero-order valence-corrected chi connectivity index (χ0v) is 13.3. The van der Waals surface area contributed by atoms with Crippen LogP contribution in [-0.2, 0) is 0 Å². The Bertz CT molecular complexity index is 223. The molecular weight excluding hydrogens is 220 g/mol. The Kier molecular flexibility index (Phi) is 6.65. The van der Waals surface area contributed by atoms with Crippen molar-refractivity contribution in [3.63, 3.8) is 0 Å². The lowest BCUT2D eigenvalue weighted by molar-refractivity contribution is 0.0194. The quantitative estimate of drug-likeness (QED) is 0.746. The number of unbranched alkanes of at least 4 members (excludes halogenated alkanes) is 1. The number of nitrogens with zero attached hydrogens (tertiary/aromatic N) is 1. The molecule has 0 bridgehead atoms. The first kappa shape index (κ1) is 16.0. The predicted molar refractivity (Wildman–Crippen MR) is 81.0 cm³/mol. The minimum Gasteiger partial charge on any atom is -0.311 e. The minimum atomic E-state index is 0.416. The van der Waals surface area contributed by atoms with Gasteiger partial charge in [-0.25, -0.2) is 0 Å². The molecule has 18 heavy (non-hydrogen) atoms. The smallest absolute Gasteiger partial charge is 0.0329 e. The van der Waals surface area contributed by atoms with Crippen molar-refractivity contribution in [3.05, 3.63) is 0 Å². The number of nitrogens with one attached hydrogen (secondary N) is 1. The lowest BCUT2D eigenvalue weighted by atomic mass is 9.84. The summed E-state index contributed by atoms with van der Waals surface area (Å²) in [4.78, 5) is 2.80. The van der Waals surface area contributed by atoms with Crippen molar-refractivity contribution in [2.45, 2.75) is 78.3 Å². The molecule has 1 fully saturated rings. The van der Waals surface area contributed by atoms with E-state index >= 15 is 0 Å². The average Bonchev–Trinajstić information content (AvgIpc) is 2.43. The van der Waals surface area contributed by atoms with Crippen molar-refractivity contribution >= 4 is 0 Å². The Morgan fingerprint density at radius 2 is 1.89 bits per heavy atom. The van der Waals surface area contributed by atoms with Crippen LogP contribution in [-0.4, -0.2) is 36.1 Å². The van der Waals surface area contributed by atoms with Crippen LogP contribution in [0.3, 0.4) is 0 Å². The van der Waals surface area contributed by atoms with Gasteiger partial charge in [0.05, 0.1) is 0 Å². The molecule has 0 radical (unpaired) electrons. The van der Waals surface area contributed by atoms with Crippen molar-refractivity contribution in [2.75, 3.05) is 19.6 Å². The Morgan fingerprint density at radius 1 is 1.22 bits per heavy atom. The molecular formula is C16H34N2. The van der Waals surface area contributed by atoms with E-state index in [0.717, 1.165) is 5.92 Å². The summed E-state index contributed by atoms with van der Waals surface area (Å²) >= 11 is 0. The van der Waals surface area contributed by atoms with Gasteiger partial charge in [0, 0.05) is 24.7 Å². The van der Waals surface area contributed by atoms with Gasteiger partial charge in [0.25, 0.3) is 0 Å². The molecule has 1 rings (SSSR count). The molecule has 0 aliphatic carbocycles. The van der Waals surface area contributed by atoms with Crippen LogP contribution in [0.1, 0.15) is 66.7 Å². The maximum Gasteiger partial charge on any atom is 0.0329 e. The molecule has 1 heterocycles. The van der Waals surface area contributed by atoms with E-state index in [1.165, 1.54) is 51.7 Å². The van der Waals surface area contributed by atoms with Gasteiger partial charge in [-0.2, -0.15) is 0 Å². The van der Waals surface area contributed by atoms with E-state index in [1.807, 2.05) is 0 Å². The molecule has 0 amide bonds. The summed E-state index contributed by atoms with van der Waals surface area (Å²) in [5, 5.41) is 3.83. The number of piperazine rings is 1. The molecule has 0 saturated carbocycles. The maximum absolute atomic E-state index is 3.83.